The molecule has 90 valence electrons. The molecule has 0 amide bonds. The van der Waals surface area contributed by atoms with Gasteiger partial charge in [-0.2, -0.15) is 0 Å². The SMILES string of the molecule is CC(CCO)Nc1ncccc1OC(C)C. The Labute approximate surface area is 96.7 Å². The molecule has 1 unspecified atom stereocenters. The van der Waals surface area contributed by atoms with Crippen LogP contribution in [0.15, 0.2) is 18.3 Å². The second-order valence-corrected chi connectivity index (χ2v) is 4.07. The molecule has 1 aromatic rings. The van der Waals surface area contributed by atoms with Gasteiger partial charge in [-0.25, -0.2) is 4.98 Å². The minimum Gasteiger partial charge on any atom is -0.487 e. The molecule has 0 fully saturated rings. The van der Waals surface area contributed by atoms with Crippen molar-refractivity contribution < 1.29 is 9.84 Å². The van der Waals surface area contributed by atoms with E-state index in [0.717, 1.165) is 11.6 Å². The molecule has 0 spiro atoms. The lowest BCUT2D eigenvalue weighted by molar-refractivity contribution is 0.242. The van der Waals surface area contributed by atoms with E-state index in [1.54, 1.807) is 6.20 Å². The number of aliphatic hydroxyl groups excluding tert-OH is 1. The van der Waals surface area contributed by atoms with E-state index in [1.165, 1.54) is 0 Å². The number of anilines is 1. The average molecular weight is 224 g/mol. The lowest BCUT2D eigenvalue weighted by Crippen LogP contribution is -2.18. The van der Waals surface area contributed by atoms with Crippen molar-refractivity contribution in [2.45, 2.75) is 39.3 Å². The molecule has 0 saturated heterocycles. The molecule has 0 aromatic carbocycles. The van der Waals surface area contributed by atoms with Gasteiger partial charge >= 0.3 is 0 Å². The van der Waals surface area contributed by atoms with Gasteiger partial charge in [0, 0.05) is 18.8 Å². The van der Waals surface area contributed by atoms with Crippen LogP contribution in [0, 0.1) is 0 Å². The highest BCUT2D eigenvalue weighted by atomic mass is 16.5. The van der Waals surface area contributed by atoms with Crippen molar-refractivity contribution in [2.75, 3.05) is 11.9 Å². The number of hydrogen-bond acceptors (Lipinski definition) is 4. The Morgan fingerprint density at radius 3 is 2.81 bits per heavy atom. The van der Waals surface area contributed by atoms with Gasteiger partial charge in [-0.3, -0.25) is 0 Å². The van der Waals surface area contributed by atoms with Crippen molar-refractivity contribution in [1.82, 2.24) is 4.98 Å². The van der Waals surface area contributed by atoms with Crippen LogP contribution in [0.25, 0.3) is 0 Å². The van der Waals surface area contributed by atoms with Gasteiger partial charge < -0.3 is 15.2 Å². The van der Waals surface area contributed by atoms with E-state index in [4.69, 9.17) is 9.84 Å². The zero-order chi connectivity index (χ0) is 12.0. The Balaban J connectivity index is 2.70. The van der Waals surface area contributed by atoms with Crippen molar-refractivity contribution >= 4 is 5.82 Å². The first-order valence-corrected chi connectivity index (χ1v) is 5.62. The summed E-state index contributed by atoms with van der Waals surface area (Å²) in [7, 11) is 0. The molecule has 1 rings (SSSR count). The summed E-state index contributed by atoms with van der Waals surface area (Å²) in [4.78, 5) is 4.24. The maximum Gasteiger partial charge on any atom is 0.168 e. The van der Waals surface area contributed by atoms with E-state index in [0.29, 0.717) is 6.42 Å². The maximum absolute atomic E-state index is 8.84. The molecule has 16 heavy (non-hydrogen) atoms. The van der Waals surface area contributed by atoms with Crippen LogP contribution in [-0.2, 0) is 0 Å². The third-order valence-corrected chi connectivity index (χ3v) is 2.08. The fourth-order valence-corrected chi connectivity index (χ4v) is 1.35. The highest BCUT2D eigenvalue weighted by Gasteiger charge is 2.08. The van der Waals surface area contributed by atoms with E-state index in [9.17, 15) is 0 Å². The molecule has 4 heteroatoms. The van der Waals surface area contributed by atoms with Crippen LogP contribution >= 0.6 is 0 Å². The standard InChI is InChI=1S/C12H20N2O2/c1-9(2)16-11-5-4-7-13-12(11)14-10(3)6-8-15/h4-5,7,9-10,15H,6,8H2,1-3H3,(H,13,14). The molecule has 1 aromatic heterocycles. The number of nitrogens with zero attached hydrogens (tertiary/aromatic N) is 1. The molecule has 2 N–H and O–H groups in total. The lowest BCUT2D eigenvalue weighted by atomic mass is 10.2. The van der Waals surface area contributed by atoms with Gasteiger partial charge in [-0.15, -0.1) is 0 Å². The quantitative estimate of drug-likeness (QED) is 0.776. The van der Waals surface area contributed by atoms with Crippen molar-refractivity contribution in [3.8, 4) is 5.75 Å². The van der Waals surface area contributed by atoms with Crippen LogP contribution < -0.4 is 10.1 Å². The average Bonchev–Trinajstić information content (AvgIpc) is 2.20. The molecule has 0 radical (unpaired) electrons. The normalized spacial score (nSPS) is 12.6. The van der Waals surface area contributed by atoms with Crippen LogP contribution in [0.5, 0.6) is 5.75 Å². The first-order valence-electron chi connectivity index (χ1n) is 5.62. The second-order valence-electron chi connectivity index (χ2n) is 4.07. The molecule has 0 aliphatic carbocycles. The van der Waals surface area contributed by atoms with E-state index in [-0.39, 0.29) is 18.8 Å². The molecule has 1 heterocycles. The van der Waals surface area contributed by atoms with Gasteiger partial charge in [-0.05, 0) is 39.3 Å². The Hall–Kier alpha value is -1.29. The van der Waals surface area contributed by atoms with Crippen LogP contribution in [-0.4, -0.2) is 28.8 Å². The summed E-state index contributed by atoms with van der Waals surface area (Å²) in [6.07, 6.45) is 2.54. The highest BCUT2D eigenvalue weighted by Crippen LogP contribution is 2.23. The van der Waals surface area contributed by atoms with E-state index in [1.807, 2.05) is 32.9 Å². The summed E-state index contributed by atoms with van der Waals surface area (Å²) in [6.45, 7) is 6.13. The summed E-state index contributed by atoms with van der Waals surface area (Å²) in [6, 6.07) is 3.91. The number of hydrogen-bond donors (Lipinski definition) is 2. The Morgan fingerprint density at radius 2 is 2.19 bits per heavy atom. The van der Waals surface area contributed by atoms with Gasteiger partial charge in [0.25, 0.3) is 0 Å². The minimum absolute atomic E-state index is 0.123. The van der Waals surface area contributed by atoms with Crippen molar-refractivity contribution in [3.05, 3.63) is 18.3 Å². The number of ether oxygens (including phenoxy) is 1. The van der Waals surface area contributed by atoms with Crippen LogP contribution in [0.3, 0.4) is 0 Å². The zero-order valence-electron chi connectivity index (χ0n) is 10.1. The number of pyridine rings is 1. The summed E-state index contributed by atoms with van der Waals surface area (Å²) in [5, 5.41) is 12.1. The topological polar surface area (TPSA) is 54.4 Å². The monoisotopic (exact) mass is 224 g/mol. The third-order valence-electron chi connectivity index (χ3n) is 2.08. The minimum atomic E-state index is 0.123. The zero-order valence-corrected chi connectivity index (χ0v) is 10.1. The van der Waals surface area contributed by atoms with Crippen LogP contribution in [0.1, 0.15) is 27.2 Å². The summed E-state index contributed by atoms with van der Waals surface area (Å²) < 4.78 is 5.64. The van der Waals surface area contributed by atoms with E-state index >= 15 is 0 Å². The molecule has 0 bridgehead atoms. The van der Waals surface area contributed by atoms with E-state index in [2.05, 4.69) is 10.3 Å². The first-order chi connectivity index (χ1) is 7.63. The van der Waals surface area contributed by atoms with E-state index < -0.39 is 0 Å². The molecular weight excluding hydrogens is 204 g/mol. The van der Waals surface area contributed by atoms with Crippen LogP contribution in [0.4, 0.5) is 5.82 Å². The molecule has 0 aliphatic rings. The van der Waals surface area contributed by atoms with Gasteiger partial charge in [-0.1, -0.05) is 0 Å². The highest BCUT2D eigenvalue weighted by molar-refractivity contribution is 5.50. The second kappa shape index (κ2) is 6.33. The number of nitrogens with one attached hydrogen (secondary N) is 1. The number of aliphatic hydroxyl groups is 1. The third kappa shape index (κ3) is 4.06. The summed E-state index contributed by atoms with van der Waals surface area (Å²) in [5.41, 5.74) is 0. The smallest absolute Gasteiger partial charge is 0.168 e. The lowest BCUT2D eigenvalue weighted by Gasteiger charge is -2.17. The predicted octanol–water partition coefficient (Wildman–Crippen LogP) is 2.05. The Kier molecular flexibility index (Phi) is 5.05. The molecule has 0 aliphatic heterocycles. The van der Waals surface area contributed by atoms with Gasteiger partial charge in [0.15, 0.2) is 11.6 Å². The van der Waals surface area contributed by atoms with Crippen LogP contribution in [0.2, 0.25) is 0 Å². The van der Waals surface area contributed by atoms with Gasteiger partial charge in [0.2, 0.25) is 0 Å². The molecule has 4 nitrogen and oxygen atoms in total. The largest absolute Gasteiger partial charge is 0.487 e. The molecule has 1 atom stereocenters. The Morgan fingerprint density at radius 1 is 1.44 bits per heavy atom. The van der Waals surface area contributed by atoms with Gasteiger partial charge in [0.1, 0.15) is 0 Å². The maximum atomic E-state index is 8.84. The molecule has 0 saturated carbocycles. The Bertz CT molecular complexity index is 316. The summed E-state index contributed by atoms with van der Waals surface area (Å²) in [5.74, 6) is 1.49. The number of rotatable bonds is 6. The fourth-order valence-electron chi connectivity index (χ4n) is 1.35. The van der Waals surface area contributed by atoms with Crippen molar-refractivity contribution in [3.63, 3.8) is 0 Å². The number of aromatic nitrogens is 1. The first kappa shape index (κ1) is 12.8. The summed E-state index contributed by atoms with van der Waals surface area (Å²) >= 11 is 0. The fraction of sp³-hybridized carbons (Fsp3) is 0.583. The predicted molar refractivity (Wildman–Crippen MR) is 64.8 cm³/mol. The van der Waals surface area contributed by atoms with Crippen molar-refractivity contribution in [1.29, 1.82) is 0 Å². The van der Waals surface area contributed by atoms with Gasteiger partial charge in [0.05, 0.1) is 6.10 Å². The molecular formula is C12H20N2O2. The van der Waals surface area contributed by atoms with Crippen molar-refractivity contribution in [2.24, 2.45) is 0 Å².